The SMILES string of the molecule is C#C.CC(C)C(N)CN(C)CCC(=O)N[C@H](Cc1ccc(F)cc1)C(=O)N1CCC(C(=O)NC(C)(C)C)(C2CCCCC2)CC1. The third-order valence-corrected chi connectivity index (χ3v) is 9.38. The summed E-state index contributed by atoms with van der Waals surface area (Å²) in [6.45, 7) is 12.3. The van der Waals surface area contributed by atoms with Crippen LogP contribution in [0.4, 0.5) is 4.39 Å². The summed E-state index contributed by atoms with van der Waals surface area (Å²) in [7, 11) is 1.94. The molecule has 2 aliphatic rings. The van der Waals surface area contributed by atoms with Gasteiger partial charge in [0.1, 0.15) is 11.9 Å². The predicted molar refractivity (Wildman–Crippen MR) is 180 cm³/mol. The van der Waals surface area contributed by atoms with Crippen LogP contribution >= 0.6 is 0 Å². The van der Waals surface area contributed by atoms with Crippen LogP contribution < -0.4 is 16.4 Å². The third-order valence-electron chi connectivity index (χ3n) is 9.38. The minimum Gasteiger partial charge on any atom is -0.351 e. The Morgan fingerprint density at radius 3 is 2.18 bits per heavy atom. The second-order valence-corrected chi connectivity index (χ2v) is 14.4. The Morgan fingerprint density at radius 1 is 1.07 bits per heavy atom. The highest BCUT2D eigenvalue weighted by molar-refractivity contribution is 5.89. The summed E-state index contributed by atoms with van der Waals surface area (Å²) in [6, 6.07) is 5.31. The number of carbonyl (C=O) groups is 3. The van der Waals surface area contributed by atoms with E-state index in [2.05, 4.69) is 37.3 Å². The van der Waals surface area contributed by atoms with E-state index in [4.69, 9.17) is 5.73 Å². The molecule has 1 aromatic rings. The lowest BCUT2D eigenvalue weighted by molar-refractivity contribution is -0.147. The maximum atomic E-state index is 14.0. The molecule has 0 spiro atoms. The average Bonchev–Trinajstić information content (AvgIpc) is 3.01. The van der Waals surface area contributed by atoms with Crippen LogP contribution in [-0.4, -0.2) is 78.4 Å². The molecule has 2 atom stereocenters. The summed E-state index contributed by atoms with van der Waals surface area (Å²) in [4.78, 5) is 44.7. The summed E-state index contributed by atoms with van der Waals surface area (Å²) in [6.07, 6.45) is 15.3. The summed E-state index contributed by atoms with van der Waals surface area (Å²) in [5.74, 6) is 0.0644. The zero-order chi connectivity index (χ0) is 33.8. The largest absolute Gasteiger partial charge is 0.351 e. The minimum absolute atomic E-state index is 0.0196. The van der Waals surface area contributed by atoms with Gasteiger partial charge in [-0.15, -0.1) is 12.8 Å². The van der Waals surface area contributed by atoms with Gasteiger partial charge in [-0.2, -0.15) is 0 Å². The van der Waals surface area contributed by atoms with E-state index >= 15 is 0 Å². The van der Waals surface area contributed by atoms with Gasteiger partial charge < -0.3 is 26.2 Å². The van der Waals surface area contributed by atoms with Crippen LogP contribution in [0.3, 0.4) is 0 Å². The predicted octanol–water partition coefficient (Wildman–Crippen LogP) is 4.51. The van der Waals surface area contributed by atoms with Gasteiger partial charge in [-0.1, -0.05) is 45.2 Å². The first-order valence-electron chi connectivity index (χ1n) is 16.6. The van der Waals surface area contributed by atoms with Gasteiger partial charge in [0.05, 0.1) is 5.41 Å². The zero-order valence-electron chi connectivity index (χ0n) is 28.5. The number of rotatable bonds is 12. The van der Waals surface area contributed by atoms with E-state index in [1.807, 2.05) is 37.6 Å². The number of nitrogens with zero attached hydrogens (tertiary/aromatic N) is 2. The number of likely N-dealkylation sites (N-methyl/N-ethyl adjacent to an activating group) is 1. The molecule has 252 valence electrons. The van der Waals surface area contributed by atoms with Gasteiger partial charge in [-0.3, -0.25) is 14.4 Å². The first kappa shape index (κ1) is 38.2. The number of piperidine rings is 1. The van der Waals surface area contributed by atoms with E-state index in [1.54, 1.807) is 12.1 Å². The molecule has 1 saturated carbocycles. The fourth-order valence-corrected chi connectivity index (χ4v) is 6.56. The summed E-state index contributed by atoms with van der Waals surface area (Å²) >= 11 is 0. The molecular weight excluding hydrogens is 569 g/mol. The topological polar surface area (TPSA) is 108 Å². The maximum Gasteiger partial charge on any atom is 0.245 e. The van der Waals surface area contributed by atoms with Crippen LogP contribution in [0.2, 0.25) is 0 Å². The molecular formula is C36H58FN5O3. The van der Waals surface area contributed by atoms with Crippen molar-refractivity contribution in [2.75, 3.05) is 33.2 Å². The van der Waals surface area contributed by atoms with Gasteiger partial charge in [0.2, 0.25) is 17.7 Å². The molecule has 2 fully saturated rings. The van der Waals surface area contributed by atoms with E-state index in [0.29, 0.717) is 50.9 Å². The van der Waals surface area contributed by atoms with Crippen molar-refractivity contribution >= 4 is 17.7 Å². The number of halogens is 1. The molecule has 1 heterocycles. The van der Waals surface area contributed by atoms with Crippen molar-refractivity contribution in [3.8, 4) is 12.8 Å². The second-order valence-electron chi connectivity index (χ2n) is 14.4. The number of carbonyl (C=O) groups excluding carboxylic acids is 3. The van der Waals surface area contributed by atoms with Gasteiger partial charge in [-0.25, -0.2) is 4.39 Å². The molecule has 45 heavy (non-hydrogen) atoms. The Balaban J connectivity index is 0.00000345. The van der Waals surface area contributed by atoms with Gasteiger partial charge in [0.15, 0.2) is 0 Å². The number of terminal acetylenes is 1. The van der Waals surface area contributed by atoms with Crippen LogP contribution in [0.25, 0.3) is 0 Å². The van der Waals surface area contributed by atoms with Crippen LogP contribution in [0, 0.1) is 35.9 Å². The molecule has 1 unspecified atom stereocenters. The maximum absolute atomic E-state index is 14.0. The Labute approximate surface area is 271 Å². The van der Waals surface area contributed by atoms with Gasteiger partial charge >= 0.3 is 0 Å². The van der Waals surface area contributed by atoms with E-state index in [9.17, 15) is 18.8 Å². The monoisotopic (exact) mass is 627 g/mol. The zero-order valence-corrected chi connectivity index (χ0v) is 28.5. The summed E-state index contributed by atoms with van der Waals surface area (Å²) in [5.41, 5.74) is 6.16. The van der Waals surface area contributed by atoms with Crippen molar-refractivity contribution in [3.05, 3.63) is 35.6 Å². The van der Waals surface area contributed by atoms with Gasteiger partial charge in [0, 0.05) is 50.6 Å². The fourth-order valence-electron chi connectivity index (χ4n) is 6.56. The lowest BCUT2D eigenvalue weighted by Gasteiger charge is -2.48. The van der Waals surface area contributed by atoms with Crippen molar-refractivity contribution < 1.29 is 18.8 Å². The first-order chi connectivity index (χ1) is 21.2. The molecule has 1 saturated heterocycles. The highest BCUT2D eigenvalue weighted by atomic mass is 19.1. The van der Waals surface area contributed by atoms with Gasteiger partial charge in [0.25, 0.3) is 0 Å². The smallest absolute Gasteiger partial charge is 0.245 e. The van der Waals surface area contributed by atoms with Crippen molar-refractivity contribution in [2.45, 2.75) is 110 Å². The Morgan fingerprint density at radius 2 is 1.64 bits per heavy atom. The molecule has 0 radical (unpaired) electrons. The molecule has 3 rings (SSSR count). The molecule has 1 aliphatic heterocycles. The van der Waals surface area contributed by atoms with E-state index in [-0.39, 0.29) is 48.0 Å². The normalized spacial score (nSPS) is 18.4. The number of nitrogens with one attached hydrogen (secondary N) is 2. The number of benzene rings is 1. The molecule has 0 aromatic heterocycles. The Kier molecular flexibility index (Phi) is 15.0. The average molecular weight is 628 g/mol. The summed E-state index contributed by atoms with van der Waals surface area (Å²) < 4.78 is 13.6. The number of likely N-dealkylation sites (tertiary alicyclic amines) is 1. The molecule has 1 aromatic carbocycles. The molecule has 4 N–H and O–H groups in total. The quantitative estimate of drug-likeness (QED) is 0.296. The molecule has 0 bridgehead atoms. The Hall–Kier alpha value is -2.96. The van der Waals surface area contributed by atoms with Crippen LogP contribution in [0.1, 0.15) is 91.5 Å². The van der Waals surface area contributed by atoms with E-state index < -0.39 is 11.5 Å². The summed E-state index contributed by atoms with van der Waals surface area (Å²) in [5, 5.41) is 6.24. The minimum atomic E-state index is -0.772. The molecule has 9 heteroatoms. The fraction of sp³-hybridized carbons (Fsp3) is 0.694. The van der Waals surface area contributed by atoms with Crippen LogP contribution in [0.5, 0.6) is 0 Å². The van der Waals surface area contributed by atoms with Crippen molar-refractivity contribution in [2.24, 2.45) is 23.0 Å². The van der Waals surface area contributed by atoms with Crippen LogP contribution in [-0.2, 0) is 20.8 Å². The first-order valence-corrected chi connectivity index (χ1v) is 16.6. The highest BCUT2D eigenvalue weighted by Crippen LogP contribution is 2.46. The third kappa shape index (κ3) is 11.7. The second kappa shape index (κ2) is 17.7. The van der Waals surface area contributed by atoms with Crippen LogP contribution in [0.15, 0.2) is 24.3 Å². The van der Waals surface area contributed by atoms with Crippen molar-refractivity contribution in [1.29, 1.82) is 0 Å². The lowest BCUT2D eigenvalue weighted by Crippen LogP contribution is -2.59. The van der Waals surface area contributed by atoms with Gasteiger partial charge in [-0.05, 0) is 83.0 Å². The Bertz CT molecular complexity index is 1100. The van der Waals surface area contributed by atoms with Crippen molar-refractivity contribution in [1.82, 2.24) is 20.4 Å². The van der Waals surface area contributed by atoms with Crippen molar-refractivity contribution in [3.63, 3.8) is 0 Å². The standard InChI is InChI=1S/C34H56FN5O3.C2H2/c1-24(2)28(36)23-39(6)19-16-30(41)37-29(22-25-12-14-27(35)15-13-25)31(42)40-20-17-34(18-21-40,26-10-8-7-9-11-26)32(43)38-33(3,4)5;1-2/h12-15,24,26,28-29H,7-11,16-23,36H2,1-6H3,(H,37,41)(H,38,43);1-2H/t28?,29-;/m1./s1. The number of hydrogen-bond acceptors (Lipinski definition) is 5. The number of amides is 3. The molecule has 1 aliphatic carbocycles. The molecule has 8 nitrogen and oxygen atoms in total. The number of nitrogens with two attached hydrogens (primary N) is 1. The molecule has 3 amide bonds. The van der Waals surface area contributed by atoms with E-state index in [1.165, 1.54) is 18.6 Å². The van der Waals surface area contributed by atoms with E-state index in [0.717, 1.165) is 31.2 Å². The highest BCUT2D eigenvalue weighted by Gasteiger charge is 2.49. The lowest BCUT2D eigenvalue weighted by atomic mass is 9.63. The number of hydrogen-bond donors (Lipinski definition) is 3.